The molecule has 0 unspecified atom stereocenters. The molecule has 0 atom stereocenters. The highest BCUT2D eigenvalue weighted by Crippen LogP contribution is 2.22. The number of amides is 1. The van der Waals surface area contributed by atoms with E-state index in [0.717, 1.165) is 30.0 Å². The molecule has 4 rings (SSSR count). The van der Waals surface area contributed by atoms with Crippen molar-refractivity contribution in [1.29, 1.82) is 0 Å². The highest BCUT2D eigenvalue weighted by atomic mass is 16.5. The number of rotatable bonds is 5. The lowest BCUT2D eigenvalue weighted by Crippen LogP contribution is -2.36. The minimum absolute atomic E-state index is 0.368. The standard InChI is InChI=1S/C19H19N5O4/c25-18(22-26)14-3-1-13(2-4-14)11-16-21-19(28-23-16)15-5-6-20-17(12-15)24-7-9-27-10-8-24/h1-6,12,26H,7-11H2,(H,22,25). The lowest BCUT2D eigenvalue weighted by molar-refractivity contribution is 0.0706. The molecular weight excluding hydrogens is 362 g/mol. The van der Waals surface area contributed by atoms with E-state index in [1.807, 2.05) is 12.1 Å². The molecule has 1 aliphatic heterocycles. The molecule has 28 heavy (non-hydrogen) atoms. The molecule has 1 amide bonds. The zero-order valence-corrected chi connectivity index (χ0v) is 15.0. The van der Waals surface area contributed by atoms with Crippen LogP contribution < -0.4 is 10.4 Å². The summed E-state index contributed by atoms with van der Waals surface area (Å²) in [6, 6.07) is 10.6. The molecule has 2 N–H and O–H groups in total. The third-order valence-electron chi connectivity index (χ3n) is 4.48. The first-order valence-corrected chi connectivity index (χ1v) is 8.88. The molecule has 1 fully saturated rings. The molecule has 2 aromatic heterocycles. The molecule has 3 aromatic rings. The van der Waals surface area contributed by atoms with Gasteiger partial charge in [-0.25, -0.2) is 10.5 Å². The van der Waals surface area contributed by atoms with Gasteiger partial charge in [-0.2, -0.15) is 4.98 Å². The van der Waals surface area contributed by atoms with Crippen molar-refractivity contribution in [3.63, 3.8) is 0 Å². The summed E-state index contributed by atoms with van der Waals surface area (Å²) < 4.78 is 10.8. The Kier molecular flexibility index (Phi) is 5.27. The summed E-state index contributed by atoms with van der Waals surface area (Å²) in [6.07, 6.45) is 2.20. The van der Waals surface area contributed by atoms with Crippen molar-refractivity contribution in [1.82, 2.24) is 20.6 Å². The SMILES string of the molecule is O=C(NO)c1ccc(Cc2noc(-c3ccnc(N4CCOCC4)c3)n2)cc1. The fraction of sp³-hybridized carbons (Fsp3) is 0.263. The second kappa shape index (κ2) is 8.15. The molecule has 1 aromatic carbocycles. The smallest absolute Gasteiger partial charge is 0.274 e. The minimum Gasteiger partial charge on any atom is -0.378 e. The van der Waals surface area contributed by atoms with Gasteiger partial charge in [0.15, 0.2) is 5.82 Å². The van der Waals surface area contributed by atoms with Crippen LogP contribution in [0.3, 0.4) is 0 Å². The Morgan fingerprint density at radius 2 is 1.96 bits per heavy atom. The number of morpholine rings is 1. The summed E-state index contributed by atoms with van der Waals surface area (Å²) in [4.78, 5) is 22.4. The Morgan fingerprint density at radius 3 is 2.71 bits per heavy atom. The number of ether oxygens (including phenoxy) is 1. The van der Waals surface area contributed by atoms with Crippen LogP contribution in [-0.2, 0) is 11.2 Å². The van der Waals surface area contributed by atoms with Gasteiger partial charge in [0.1, 0.15) is 5.82 Å². The molecule has 0 radical (unpaired) electrons. The third-order valence-corrected chi connectivity index (χ3v) is 4.48. The number of aromatic nitrogens is 3. The van der Waals surface area contributed by atoms with Gasteiger partial charge in [-0.3, -0.25) is 10.0 Å². The van der Waals surface area contributed by atoms with E-state index in [9.17, 15) is 4.79 Å². The zero-order valence-electron chi connectivity index (χ0n) is 15.0. The average molecular weight is 381 g/mol. The first-order chi connectivity index (χ1) is 13.7. The van der Waals surface area contributed by atoms with Crippen LogP contribution in [0.5, 0.6) is 0 Å². The van der Waals surface area contributed by atoms with Crippen LogP contribution in [0.1, 0.15) is 21.7 Å². The summed E-state index contributed by atoms with van der Waals surface area (Å²) in [6.45, 7) is 2.98. The number of nitrogens with zero attached hydrogens (tertiary/aromatic N) is 4. The Hall–Kier alpha value is -3.30. The first kappa shape index (κ1) is 18.1. The predicted octanol–water partition coefficient (Wildman–Crippen LogP) is 1.68. The number of benzene rings is 1. The van der Waals surface area contributed by atoms with Crippen LogP contribution >= 0.6 is 0 Å². The zero-order chi connectivity index (χ0) is 19.3. The third kappa shape index (κ3) is 4.00. The van der Waals surface area contributed by atoms with E-state index in [4.69, 9.17) is 14.5 Å². The molecule has 9 heteroatoms. The maximum Gasteiger partial charge on any atom is 0.274 e. The average Bonchev–Trinajstić information content (AvgIpc) is 3.23. The van der Waals surface area contributed by atoms with Gasteiger partial charge in [0.05, 0.1) is 13.2 Å². The monoisotopic (exact) mass is 381 g/mol. The minimum atomic E-state index is -0.554. The van der Waals surface area contributed by atoms with Crippen LogP contribution in [0.2, 0.25) is 0 Å². The molecule has 1 aliphatic rings. The first-order valence-electron chi connectivity index (χ1n) is 8.88. The molecule has 0 bridgehead atoms. The van der Waals surface area contributed by atoms with E-state index in [0.29, 0.717) is 36.9 Å². The second-order valence-corrected chi connectivity index (χ2v) is 6.33. The molecular formula is C19H19N5O4. The number of pyridine rings is 1. The lowest BCUT2D eigenvalue weighted by atomic mass is 10.1. The van der Waals surface area contributed by atoms with Gasteiger partial charge in [0.2, 0.25) is 0 Å². The van der Waals surface area contributed by atoms with Crippen molar-refractivity contribution in [2.45, 2.75) is 6.42 Å². The maximum absolute atomic E-state index is 11.4. The molecule has 0 aliphatic carbocycles. The van der Waals surface area contributed by atoms with Gasteiger partial charge in [-0.15, -0.1) is 0 Å². The van der Waals surface area contributed by atoms with Gasteiger partial charge < -0.3 is 14.2 Å². The molecule has 1 saturated heterocycles. The Labute approximate surface area is 160 Å². The van der Waals surface area contributed by atoms with E-state index in [1.165, 1.54) is 0 Å². The van der Waals surface area contributed by atoms with Crippen molar-refractivity contribution in [3.8, 4) is 11.5 Å². The van der Waals surface area contributed by atoms with Crippen LogP contribution in [-0.4, -0.2) is 52.5 Å². The lowest BCUT2D eigenvalue weighted by Gasteiger charge is -2.27. The van der Waals surface area contributed by atoms with Gasteiger partial charge in [0, 0.05) is 36.8 Å². The Bertz CT molecular complexity index is 951. The number of carbonyl (C=O) groups is 1. The topological polar surface area (TPSA) is 114 Å². The number of anilines is 1. The highest BCUT2D eigenvalue weighted by Gasteiger charge is 2.15. The van der Waals surface area contributed by atoms with Gasteiger partial charge >= 0.3 is 0 Å². The summed E-state index contributed by atoms with van der Waals surface area (Å²) in [5.74, 6) is 1.28. The number of hydroxylamine groups is 1. The molecule has 9 nitrogen and oxygen atoms in total. The maximum atomic E-state index is 11.4. The second-order valence-electron chi connectivity index (χ2n) is 6.33. The van der Waals surface area contributed by atoms with Crippen LogP contribution in [0.25, 0.3) is 11.5 Å². The van der Waals surface area contributed by atoms with Crippen LogP contribution in [0.4, 0.5) is 5.82 Å². The summed E-state index contributed by atoms with van der Waals surface area (Å²) in [5.41, 5.74) is 3.71. The normalized spacial score (nSPS) is 14.1. The number of hydrogen-bond donors (Lipinski definition) is 2. The predicted molar refractivity (Wildman–Crippen MR) is 99.1 cm³/mol. The van der Waals surface area contributed by atoms with Crippen LogP contribution in [0.15, 0.2) is 47.1 Å². The summed E-state index contributed by atoms with van der Waals surface area (Å²) >= 11 is 0. The van der Waals surface area contributed by atoms with E-state index in [1.54, 1.807) is 35.9 Å². The molecule has 0 saturated carbocycles. The Balaban J connectivity index is 1.47. The number of nitrogens with one attached hydrogen (secondary N) is 1. The van der Waals surface area contributed by atoms with E-state index in [-0.39, 0.29) is 0 Å². The van der Waals surface area contributed by atoms with Gasteiger partial charge in [0.25, 0.3) is 11.8 Å². The molecule has 144 valence electrons. The molecule has 3 heterocycles. The van der Waals surface area contributed by atoms with Crippen molar-refractivity contribution >= 4 is 11.7 Å². The van der Waals surface area contributed by atoms with Crippen molar-refractivity contribution < 1.29 is 19.3 Å². The van der Waals surface area contributed by atoms with Crippen LogP contribution in [0, 0.1) is 0 Å². The summed E-state index contributed by atoms with van der Waals surface area (Å²) in [7, 11) is 0. The van der Waals surface area contributed by atoms with E-state index in [2.05, 4.69) is 20.0 Å². The van der Waals surface area contributed by atoms with Crippen molar-refractivity contribution in [2.24, 2.45) is 0 Å². The highest BCUT2D eigenvalue weighted by molar-refractivity contribution is 5.93. The van der Waals surface area contributed by atoms with Crippen molar-refractivity contribution in [2.75, 3.05) is 31.2 Å². The van der Waals surface area contributed by atoms with E-state index < -0.39 is 5.91 Å². The summed E-state index contributed by atoms with van der Waals surface area (Å²) in [5, 5.41) is 12.7. The quantitative estimate of drug-likeness (QED) is 0.507. The fourth-order valence-corrected chi connectivity index (χ4v) is 2.98. The van der Waals surface area contributed by atoms with Crippen molar-refractivity contribution in [3.05, 3.63) is 59.5 Å². The molecule has 0 spiro atoms. The van der Waals surface area contributed by atoms with Gasteiger partial charge in [-0.05, 0) is 29.8 Å². The number of carbonyl (C=O) groups excluding carboxylic acids is 1. The number of hydrogen-bond acceptors (Lipinski definition) is 8. The largest absolute Gasteiger partial charge is 0.378 e. The van der Waals surface area contributed by atoms with E-state index >= 15 is 0 Å². The van der Waals surface area contributed by atoms with Gasteiger partial charge in [-0.1, -0.05) is 17.3 Å². The Morgan fingerprint density at radius 1 is 1.18 bits per heavy atom. The fourth-order valence-electron chi connectivity index (χ4n) is 2.98.